The van der Waals surface area contributed by atoms with Crippen molar-refractivity contribution < 1.29 is 4.79 Å². The molecule has 18 heavy (non-hydrogen) atoms. The van der Waals surface area contributed by atoms with Gasteiger partial charge in [-0.25, -0.2) is 0 Å². The summed E-state index contributed by atoms with van der Waals surface area (Å²) in [4.78, 5) is 12.1. The van der Waals surface area contributed by atoms with Gasteiger partial charge in [0.2, 0.25) is 5.91 Å². The van der Waals surface area contributed by atoms with E-state index in [2.05, 4.69) is 12.0 Å². The van der Waals surface area contributed by atoms with Gasteiger partial charge < -0.3 is 5.73 Å². The van der Waals surface area contributed by atoms with E-state index in [1.165, 1.54) is 0 Å². The van der Waals surface area contributed by atoms with Gasteiger partial charge in [-0.2, -0.15) is 0 Å². The maximum atomic E-state index is 12.1. The average molecular weight is 240 g/mol. The lowest BCUT2D eigenvalue weighted by molar-refractivity contribution is -0.131. The summed E-state index contributed by atoms with van der Waals surface area (Å²) >= 11 is 0. The van der Waals surface area contributed by atoms with Crippen molar-refractivity contribution in [2.24, 2.45) is 11.1 Å². The molecule has 2 heteroatoms. The van der Waals surface area contributed by atoms with Gasteiger partial charge in [-0.3, -0.25) is 4.79 Å². The predicted molar refractivity (Wildman–Crippen MR) is 71.8 cm³/mol. The van der Waals surface area contributed by atoms with Crippen molar-refractivity contribution in [1.29, 1.82) is 0 Å². The molecule has 2 atom stereocenters. The fourth-order valence-electron chi connectivity index (χ4n) is 3.52. The summed E-state index contributed by atoms with van der Waals surface area (Å²) in [5.41, 5.74) is 6.83. The average Bonchev–Trinajstić information content (AvgIpc) is 2.50. The molecule has 1 aliphatic carbocycles. The highest BCUT2D eigenvalue weighted by Crippen LogP contribution is 2.59. The van der Waals surface area contributed by atoms with E-state index in [-0.39, 0.29) is 17.2 Å². The molecule has 0 saturated carbocycles. The molecule has 0 aromatic heterocycles. The summed E-state index contributed by atoms with van der Waals surface area (Å²) in [6, 6.07) is 9.11. The van der Waals surface area contributed by atoms with Gasteiger partial charge in [-0.15, -0.1) is 12.3 Å². The number of hydrogen-bond donors (Lipinski definition) is 1. The van der Waals surface area contributed by atoms with Crippen LogP contribution in [0.25, 0.3) is 0 Å². The highest BCUT2D eigenvalue weighted by molar-refractivity contribution is 5.86. The fraction of sp³-hybridized carbons (Fsp3) is 0.438. The Hall–Kier alpha value is -1.75. The fourth-order valence-corrected chi connectivity index (χ4v) is 3.52. The Kier molecular flexibility index (Phi) is 2.74. The van der Waals surface area contributed by atoms with Gasteiger partial charge in [-0.1, -0.05) is 39.0 Å². The van der Waals surface area contributed by atoms with Crippen LogP contribution in [-0.4, -0.2) is 5.91 Å². The summed E-state index contributed by atoms with van der Waals surface area (Å²) in [6.45, 7) is 6.11. The Morgan fingerprint density at radius 3 is 2.78 bits per heavy atom. The number of carbonyl (C=O) groups is 1. The third kappa shape index (κ3) is 1.28. The van der Waals surface area contributed by atoms with Crippen LogP contribution in [0.15, 0.2) is 18.2 Å². The molecule has 0 saturated heterocycles. The minimum atomic E-state index is -0.720. The van der Waals surface area contributed by atoms with Crippen LogP contribution in [-0.2, 0) is 10.2 Å². The van der Waals surface area contributed by atoms with Gasteiger partial charge in [0.1, 0.15) is 0 Å². The Morgan fingerprint density at radius 2 is 2.28 bits per heavy atom. The van der Waals surface area contributed by atoms with Crippen LogP contribution in [0.3, 0.4) is 0 Å². The summed E-state index contributed by atoms with van der Waals surface area (Å²) < 4.78 is 0. The van der Waals surface area contributed by atoms with E-state index in [0.29, 0.717) is 6.42 Å². The lowest BCUT2D eigenvalue weighted by Crippen LogP contribution is -2.49. The molecule has 0 spiro atoms. The number of carbonyl (C=O) groups excluding carboxylic acids is 1. The molecule has 1 aliphatic rings. The normalized spacial score (nSPS) is 28.4. The number of nitrogens with two attached hydrogens (primary N) is 1. The second-order valence-electron chi connectivity index (χ2n) is 5.56. The van der Waals surface area contributed by atoms with Crippen LogP contribution in [0.4, 0.5) is 0 Å². The number of hydrogen-bond acceptors (Lipinski definition) is 1. The number of rotatable bonds is 2. The Morgan fingerprint density at radius 1 is 1.61 bits per heavy atom. The highest BCUT2D eigenvalue weighted by atomic mass is 16.1. The van der Waals surface area contributed by atoms with E-state index in [1.807, 2.05) is 39.0 Å². The maximum absolute atomic E-state index is 12.1. The second-order valence-corrected chi connectivity index (χ2v) is 5.56. The van der Waals surface area contributed by atoms with E-state index >= 15 is 0 Å². The van der Waals surface area contributed by atoms with Crippen molar-refractivity contribution >= 4 is 5.91 Å². The maximum Gasteiger partial charge on any atom is 0.226 e. The molecular formula is C16H18NO. The van der Waals surface area contributed by atoms with Crippen LogP contribution in [0.2, 0.25) is 0 Å². The van der Waals surface area contributed by atoms with E-state index in [9.17, 15) is 4.79 Å². The Labute approximate surface area is 109 Å². The van der Waals surface area contributed by atoms with Gasteiger partial charge in [0.15, 0.2) is 0 Å². The Bertz CT molecular complexity index is 538. The number of fused-ring (bicyclic) bond motifs is 1. The van der Waals surface area contributed by atoms with Crippen molar-refractivity contribution in [1.82, 2.24) is 0 Å². The first-order valence-electron chi connectivity index (χ1n) is 6.14. The van der Waals surface area contributed by atoms with Crippen molar-refractivity contribution in [3.05, 3.63) is 35.4 Å². The smallest absolute Gasteiger partial charge is 0.226 e. The van der Waals surface area contributed by atoms with E-state index in [0.717, 1.165) is 11.1 Å². The van der Waals surface area contributed by atoms with Gasteiger partial charge in [0.25, 0.3) is 0 Å². The van der Waals surface area contributed by atoms with E-state index in [1.54, 1.807) is 0 Å². The minimum Gasteiger partial charge on any atom is -0.369 e. The number of primary amides is 1. The molecule has 2 unspecified atom stereocenters. The molecule has 2 rings (SSSR count). The van der Waals surface area contributed by atoms with E-state index in [4.69, 9.17) is 12.2 Å². The summed E-state index contributed by atoms with van der Waals surface area (Å²) in [7, 11) is 0. The lowest BCUT2D eigenvalue weighted by atomic mass is 9.60. The molecule has 0 heterocycles. The third-order valence-electron chi connectivity index (χ3n) is 4.67. The van der Waals surface area contributed by atoms with Gasteiger partial charge >= 0.3 is 0 Å². The largest absolute Gasteiger partial charge is 0.369 e. The molecule has 2 N–H and O–H groups in total. The van der Waals surface area contributed by atoms with Crippen LogP contribution >= 0.6 is 0 Å². The highest BCUT2D eigenvalue weighted by Gasteiger charge is 2.59. The zero-order chi connectivity index (χ0) is 13.6. The number of benzene rings is 1. The zero-order valence-corrected chi connectivity index (χ0v) is 11.1. The van der Waals surface area contributed by atoms with E-state index < -0.39 is 5.41 Å². The van der Waals surface area contributed by atoms with Gasteiger partial charge in [0, 0.05) is 11.8 Å². The van der Waals surface area contributed by atoms with Crippen molar-refractivity contribution in [3.8, 4) is 12.3 Å². The summed E-state index contributed by atoms with van der Waals surface area (Å²) in [6.07, 6.45) is 5.84. The quantitative estimate of drug-likeness (QED) is 0.792. The molecule has 2 nitrogen and oxygen atoms in total. The second kappa shape index (κ2) is 3.88. The van der Waals surface area contributed by atoms with Gasteiger partial charge in [-0.05, 0) is 23.1 Å². The standard InChI is InChI=1S/C16H18NO/c1-5-10-16(14(17)18)11(2)12-8-6-7-9-13(12)15(16,3)4/h1,6-7,9,11H,10H2,2-4H3,(H2,17,18). The predicted octanol–water partition coefficient (Wildman–Crippen LogP) is 2.38. The topological polar surface area (TPSA) is 43.1 Å². The molecule has 0 fully saturated rings. The third-order valence-corrected chi connectivity index (χ3v) is 4.67. The lowest BCUT2D eigenvalue weighted by Gasteiger charge is -2.41. The van der Waals surface area contributed by atoms with Crippen LogP contribution in [0, 0.1) is 23.8 Å². The molecule has 0 aliphatic heterocycles. The monoisotopic (exact) mass is 240 g/mol. The first kappa shape index (κ1) is 12.7. The SMILES string of the molecule is C#CCC1(C(N)=O)C(C)c2[c]cccc2C1(C)C. The molecule has 93 valence electrons. The minimum absolute atomic E-state index is 0.00255. The molecular weight excluding hydrogens is 222 g/mol. The van der Waals surface area contributed by atoms with Crippen molar-refractivity contribution in [3.63, 3.8) is 0 Å². The molecule has 1 radical (unpaired) electrons. The Balaban J connectivity index is 2.73. The first-order valence-corrected chi connectivity index (χ1v) is 6.14. The van der Waals surface area contributed by atoms with Crippen LogP contribution in [0.5, 0.6) is 0 Å². The molecule has 1 aromatic rings. The van der Waals surface area contributed by atoms with Crippen LogP contribution < -0.4 is 5.73 Å². The molecule has 0 bridgehead atoms. The van der Waals surface area contributed by atoms with Crippen LogP contribution in [0.1, 0.15) is 44.2 Å². The van der Waals surface area contributed by atoms with Crippen molar-refractivity contribution in [2.75, 3.05) is 0 Å². The first-order chi connectivity index (χ1) is 8.39. The van der Waals surface area contributed by atoms with Gasteiger partial charge in [0.05, 0.1) is 5.41 Å². The van der Waals surface area contributed by atoms with Crippen molar-refractivity contribution in [2.45, 2.75) is 38.5 Å². The number of amides is 1. The zero-order valence-electron chi connectivity index (χ0n) is 11.1. The summed E-state index contributed by atoms with van der Waals surface area (Å²) in [5, 5.41) is 0. The molecule has 1 amide bonds. The number of terminal acetylenes is 1. The molecule has 1 aromatic carbocycles. The summed E-state index contributed by atoms with van der Waals surface area (Å²) in [5.74, 6) is 2.32.